The molecule has 0 saturated heterocycles. The molecule has 2 aromatic carbocycles. The third-order valence-corrected chi connectivity index (χ3v) is 4.73. The summed E-state index contributed by atoms with van der Waals surface area (Å²) in [6.45, 7) is 0. The second kappa shape index (κ2) is 4.90. The summed E-state index contributed by atoms with van der Waals surface area (Å²) in [5.74, 6) is 0.326. The maximum atomic E-state index is 12.1. The lowest BCUT2D eigenvalue weighted by atomic mass is 10.2. The molecule has 0 bridgehead atoms. The van der Waals surface area contributed by atoms with Crippen molar-refractivity contribution >= 4 is 42.8 Å². The standard InChI is InChI=1S/C14H7Br2NO2/c15-9-6-7-10-11(12(9)16)14(18)19-13(17-10)8-4-2-1-3-5-8/h1-7H. The van der Waals surface area contributed by atoms with Gasteiger partial charge in [0.05, 0.1) is 5.52 Å². The van der Waals surface area contributed by atoms with Crippen LogP contribution in [0.2, 0.25) is 0 Å². The molecule has 0 N–H and O–H groups in total. The molecule has 0 fully saturated rings. The smallest absolute Gasteiger partial charge is 0.348 e. The van der Waals surface area contributed by atoms with E-state index in [-0.39, 0.29) is 0 Å². The molecule has 1 aromatic heterocycles. The zero-order valence-corrected chi connectivity index (χ0v) is 12.7. The summed E-state index contributed by atoms with van der Waals surface area (Å²) in [6.07, 6.45) is 0. The van der Waals surface area contributed by atoms with E-state index in [9.17, 15) is 4.79 Å². The number of rotatable bonds is 1. The molecule has 0 radical (unpaired) electrons. The molecule has 3 nitrogen and oxygen atoms in total. The van der Waals surface area contributed by atoms with Gasteiger partial charge in [0.25, 0.3) is 0 Å². The summed E-state index contributed by atoms with van der Waals surface area (Å²) >= 11 is 6.72. The number of halogens is 2. The van der Waals surface area contributed by atoms with E-state index in [0.717, 1.165) is 10.0 Å². The van der Waals surface area contributed by atoms with E-state index in [1.807, 2.05) is 36.4 Å². The van der Waals surface area contributed by atoms with Gasteiger partial charge in [-0.15, -0.1) is 0 Å². The Bertz CT molecular complexity index is 813. The van der Waals surface area contributed by atoms with Crippen molar-refractivity contribution in [2.24, 2.45) is 0 Å². The SMILES string of the molecule is O=c1oc(-c2ccccc2)nc2ccc(Br)c(Br)c12. The summed E-state index contributed by atoms with van der Waals surface area (Å²) in [6, 6.07) is 13.0. The minimum Gasteiger partial charge on any atom is -0.403 e. The number of aromatic nitrogens is 1. The van der Waals surface area contributed by atoms with Crippen LogP contribution in [-0.4, -0.2) is 4.98 Å². The van der Waals surface area contributed by atoms with Gasteiger partial charge in [-0.25, -0.2) is 9.78 Å². The number of fused-ring (bicyclic) bond motifs is 1. The first-order chi connectivity index (χ1) is 9.16. The lowest BCUT2D eigenvalue weighted by Gasteiger charge is -2.04. The number of hydrogen-bond acceptors (Lipinski definition) is 3. The Balaban J connectivity index is 2.33. The lowest BCUT2D eigenvalue weighted by molar-refractivity contribution is 0.518. The molecule has 0 atom stereocenters. The van der Waals surface area contributed by atoms with E-state index < -0.39 is 5.63 Å². The van der Waals surface area contributed by atoms with Crippen LogP contribution >= 0.6 is 31.9 Å². The van der Waals surface area contributed by atoms with Crippen LogP contribution in [0.25, 0.3) is 22.4 Å². The predicted molar refractivity (Wildman–Crippen MR) is 81.1 cm³/mol. The Kier molecular flexibility index (Phi) is 3.24. The fourth-order valence-electron chi connectivity index (χ4n) is 1.80. The molecule has 1 heterocycles. The molecule has 0 saturated carbocycles. The summed E-state index contributed by atoms with van der Waals surface area (Å²) in [5, 5.41) is 0.439. The highest BCUT2D eigenvalue weighted by Gasteiger charge is 2.12. The summed E-state index contributed by atoms with van der Waals surface area (Å²) in [7, 11) is 0. The van der Waals surface area contributed by atoms with Gasteiger partial charge in [0.15, 0.2) is 0 Å². The Labute approximate surface area is 125 Å². The highest BCUT2D eigenvalue weighted by atomic mass is 79.9. The van der Waals surface area contributed by atoms with Crippen molar-refractivity contribution in [2.45, 2.75) is 0 Å². The van der Waals surface area contributed by atoms with Gasteiger partial charge in [-0.05, 0) is 56.1 Å². The molecule has 94 valence electrons. The minimum atomic E-state index is -0.406. The monoisotopic (exact) mass is 379 g/mol. The zero-order valence-electron chi connectivity index (χ0n) is 9.56. The molecule has 5 heteroatoms. The van der Waals surface area contributed by atoms with Crippen LogP contribution in [0, 0.1) is 0 Å². The van der Waals surface area contributed by atoms with E-state index in [1.165, 1.54) is 0 Å². The van der Waals surface area contributed by atoms with Crippen molar-refractivity contribution in [3.63, 3.8) is 0 Å². The van der Waals surface area contributed by atoms with E-state index in [1.54, 1.807) is 6.07 Å². The molecule has 0 unspecified atom stereocenters. The van der Waals surface area contributed by atoms with Crippen LogP contribution in [-0.2, 0) is 0 Å². The van der Waals surface area contributed by atoms with E-state index in [0.29, 0.717) is 21.3 Å². The Morgan fingerprint density at radius 1 is 1.00 bits per heavy atom. The first kappa shape index (κ1) is 12.6. The second-order valence-electron chi connectivity index (χ2n) is 3.93. The molecule has 0 aliphatic rings. The molecule has 0 aliphatic carbocycles. The maximum Gasteiger partial charge on any atom is 0.348 e. The first-order valence-electron chi connectivity index (χ1n) is 5.51. The molecular weight excluding hydrogens is 374 g/mol. The van der Waals surface area contributed by atoms with Crippen LogP contribution in [0.4, 0.5) is 0 Å². The van der Waals surface area contributed by atoms with Crippen LogP contribution in [0.15, 0.2) is 60.6 Å². The number of benzene rings is 2. The van der Waals surface area contributed by atoms with Crippen molar-refractivity contribution in [2.75, 3.05) is 0 Å². The molecule has 3 aromatic rings. The van der Waals surface area contributed by atoms with Gasteiger partial charge in [0.2, 0.25) is 5.89 Å². The second-order valence-corrected chi connectivity index (χ2v) is 5.58. The van der Waals surface area contributed by atoms with E-state index >= 15 is 0 Å². The zero-order chi connectivity index (χ0) is 13.4. The molecule has 19 heavy (non-hydrogen) atoms. The summed E-state index contributed by atoms with van der Waals surface area (Å²) in [4.78, 5) is 16.5. The lowest BCUT2D eigenvalue weighted by Crippen LogP contribution is -2.04. The van der Waals surface area contributed by atoms with E-state index in [4.69, 9.17) is 4.42 Å². The van der Waals surface area contributed by atoms with Crippen molar-refractivity contribution < 1.29 is 4.42 Å². The van der Waals surface area contributed by atoms with Crippen molar-refractivity contribution in [1.82, 2.24) is 4.98 Å². The largest absolute Gasteiger partial charge is 0.403 e. The average Bonchev–Trinajstić information content (AvgIpc) is 2.43. The normalized spacial score (nSPS) is 10.8. The highest BCUT2D eigenvalue weighted by Crippen LogP contribution is 2.29. The summed E-state index contributed by atoms with van der Waals surface area (Å²) < 4.78 is 6.75. The molecule has 0 aliphatic heterocycles. The Hall–Kier alpha value is -1.46. The Morgan fingerprint density at radius 3 is 2.47 bits per heavy atom. The minimum absolute atomic E-state index is 0.326. The fourth-order valence-corrected chi connectivity index (χ4v) is 2.63. The van der Waals surface area contributed by atoms with Crippen LogP contribution in [0.1, 0.15) is 0 Å². The van der Waals surface area contributed by atoms with Crippen molar-refractivity contribution in [1.29, 1.82) is 0 Å². The van der Waals surface area contributed by atoms with Gasteiger partial charge in [0.1, 0.15) is 5.39 Å². The number of nitrogens with zero attached hydrogens (tertiary/aromatic N) is 1. The number of hydrogen-bond donors (Lipinski definition) is 0. The van der Waals surface area contributed by atoms with Crippen molar-refractivity contribution in [3.05, 3.63) is 61.8 Å². The van der Waals surface area contributed by atoms with Gasteiger partial charge in [-0.2, -0.15) is 0 Å². The molecule has 0 amide bonds. The third-order valence-electron chi connectivity index (χ3n) is 2.71. The van der Waals surface area contributed by atoms with Gasteiger partial charge in [-0.1, -0.05) is 18.2 Å². The summed E-state index contributed by atoms with van der Waals surface area (Å²) in [5.41, 5.74) is 0.975. The molecular formula is C14H7Br2NO2. The fraction of sp³-hybridized carbons (Fsp3) is 0. The van der Waals surface area contributed by atoms with Crippen LogP contribution in [0.5, 0.6) is 0 Å². The molecule has 0 spiro atoms. The molecule has 3 rings (SSSR count). The van der Waals surface area contributed by atoms with Crippen molar-refractivity contribution in [3.8, 4) is 11.5 Å². The topological polar surface area (TPSA) is 43.1 Å². The maximum absolute atomic E-state index is 12.1. The van der Waals surface area contributed by atoms with Crippen LogP contribution < -0.4 is 5.63 Å². The van der Waals surface area contributed by atoms with Gasteiger partial charge in [0, 0.05) is 14.5 Å². The average molecular weight is 381 g/mol. The Morgan fingerprint density at radius 2 is 1.74 bits per heavy atom. The van der Waals surface area contributed by atoms with Gasteiger partial charge >= 0.3 is 5.63 Å². The van der Waals surface area contributed by atoms with Gasteiger partial charge < -0.3 is 4.42 Å². The quantitative estimate of drug-likeness (QED) is 0.629. The predicted octanol–water partition coefficient (Wildman–Crippen LogP) is 4.38. The first-order valence-corrected chi connectivity index (χ1v) is 7.09. The highest BCUT2D eigenvalue weighted by molar-refractivity contribution is 9.13. The third kappa shape index (κ3) is 2.24. The van der Waals surface area contributed by atoms with Gasteiger partial charge in [-0.3, -0.25) is 0 Å². The van der Waals surface area contributed by atoms with E-state index in [2.05, 4.69) is 36.8 Å². The van der Waals surface area contributed by atoms with Crippen LogP contribution in [0.3, 0.4) is 0 Å².